The molecule has 0 fully saturated rings. The van der Waals surface area contributed by atoms with Crippen molar-refractivity contribution in [3.05, 3.63) is 29.3 Å². The van der Waals surface area contributed by atoms with Gasteiger partial charge in [-0.15, -0.1) is 0 Å². The number of amides is 1. The lowest BCUT2D eigenvalue weighted by molar-refractivity contribution is 0.0937. The van der Waals surface area contributed by atoms with Crippen molar-refractivity contribution in [2.45, 2.75) is 6.92 Å². The Kier molecular flexibility index (Phi) is 6.53. The number of hydrogen-bond acceptors (Lipinski definition) is 6. The Labute approximate surface area is 128 Å². The number of nitrogens with two attached hydrogens (primary N) is 1. The zero-order chi connectivity index (χ0) is 16.5. The Morgan fingerprint density at radius 1 is 1.55 bits per heavy atom. The molecule has 0 aliphatic rings. The minimum Gasteiger partial charge on any atom is -0.383 e. The molecule has 8 heteroatoms. The molecule has 0 aliphatic carbocycles. The van der Waals surface area contributed by atoms with Crippen LogP contribution >= 0.6 is 0 Å². The lowest BCUT2D eigenvalue weighted by Gasteiger charge is -2.09. The normalized spacial score (nSPS) is 10.7. The van der Waals surface area contributed by atoms with Gasteiger partial charge < -0.3 is 15.8 Å². The summed E-state index contributed by atoms with van der Waals surface area (Å²) < 4.78 is 4.86. The number of methoxy groups -OCH3 is 1. The van der Waals surface area contributed by atoms with Crippen LogP contribution in [0.3, 0.4) is 0 Å². The molecule has 0 atom stereocenters. The number of hydrogen-bond donors (Lipinski definition) is 4. The Morgan fingerprint density at radius 3 is 2.82 bits per heavy atom. The van der Waals surface area contributed by atoms with Crippen LogP contribution in [-0.2, 0) is 4.74 Å². The third kappa shape index (κ3) is 4.88. The summed E-state index contributed by atoms with van der Waals surface area (Å²) in [5.41, 5.74) is 9.54. The Balaban J connectivity index is 2.80. The van der Waals surface area contributed by atoms with Gasteiger partial charge in [0.2, 0.25) is 5.71 Å². The second kappa shape index (κ2) is 8.39. The fourth-order valence-corrected chi connectivity index (χ4v) is 1.56. The first-order valence-corrected chi connectivity index (χ1v) is 6.45. The zero-order valence-electron chi connectivity index (χ0n) is 12.4. The van der Waals surface area contributed by atoms with Gasteiger partial charge in [0.05, 0.1) is 12.3 Å². The lowest BCUT2D eigenvalue weighted by Crippen LogP contribution is -2.27. The first-order chi connectivity index (χ1) is 10.5. The predicted octanol–water partition coefficient (Wildman–Crippen LogP) is 0.599. The number of aryl methyl sites for hydroxylation is 1. The summed E-state index contributed by atoms with van der Waals surface area (Å²) in [6.07, 6.45) is 0. The molecule has 22 heavy (non-hydrogen) atoms. The number of hydrazone groups is 1. The van der Waals surface area contributed by atoms with Gasteiger partial charge in [-0.25, -0.2) is 0 Å². The summed E-state index contributed by atoms with van der Waals surface area (Å²) in [5.74, 6) is -0.613. The summed E-state index contributed by atoms with van der Waals surface area (Å²) in [5, 5.41) is 22.4. The molecular weight excluding hydrogens is 284 g/mol. The van der Waals surface area contributed by atoms with Crippen LogP contribution in [0.1, 0.15) is 15.9 Å². The molecule has 0 saturated carbocycles. The number of nitriles is 1. The van der Waals surface area contributed by atoms with E-state index in [1.54, 1.807) is 38.3 Å². The third-order valence-corrected chi connectivity index (χ3v) is 2.73. The molecule has 1 rings (SSSR count). The van der Waals surface area contributed by atoms with Gasteiger partial charge in [0.1, 0.15) is 6.07 Å². The minimum absolute atomic E-state index is 0.198. The van der Waals surface area contributed by atoms with Crippen molar-refractivity contribution in [3.63, 3.8) is 0 Å². The predicted molar refractivity (Wildman–Crippen MR) is 84.0 cm³/mol. The molecular formula is C14H18N6O2. The standard InChI is InChI=1S/C14H18N6O2/c1-9-7-10(14(21)18-5-6-22-2)3-4-11(9)19-20-12(8-15)13(16)17/h3-4,7,19H,5-6H2,1-2H3,(H3,16,17)(H,18,21)/b20-12+. The number of benzene rings is 1. The van der Waals surface area contributed by atoms with Gasteiger partial charge in [0.15, 0.2) is 5.84 Å². The number of nitrogens with zero attached hydrogens (tertiary/aromatic N) is 2. The van der Waals surface area contributed by atoms with E-state index in [4.69, 9.17) is 21.1 Å². The zero-order valence-corrected chi connectivity index (χ0v) is 12.4. The van der Waals surface area contributed by atoms with Crippen LogP contribution in [0.2, 0.25) is 0 Å². The number of nitrogens with one attached hydrogen (secondary N) is 3. The van der Waals surface area contributed by atoms with E-state index >= 15 is 0 Å². The first kappa shape index (κ1) is 17.1. The quantitative estimate of drug-likeness (QED) is 0.253. The Bertz CT molecular complexity index is 633. The maximum Gasteiger partial charge on any atom is 0.251 e. The van der Waals surface area contributed by atoms with Gasteiger partial charge >= 0.3 is 0 Å². The average molecular weight is 302 g/mol. The lowest BCUT2D eigenvalue weighted by atomic mass is 10.1. The van der Waals surface area contributed by atoms with Crippen molar-refractivity contribution in [1.29, 1.82) is 10.7 Å². The Morgan fingerprint density at radius 2 is 2.27 bits per heavy atom. The topological polar surface area (TPSA) is 136 Å². The van der Waals surface area contributed by atoms with E-state index < -0.39 is 5.84 Å². The molecule has 0 bridgehead atoms. The van der Waals surface area contributed by atoms with Gasteiger partial charge in [-0.1, -0.05) is 0 Å². The van der Waals surface area contributed by atoms with E-state index in [2.05, 4.69) is 15.8 Å². The minimum atomic E-state index is -0.415. The molecule has 8 nitrogen and oxygen atoms in total. The molecule has 0 aliphatic heterocycles. The van der Waals surface area contributed by atoms with E-state index in [0.717, 1.165) is 5.56 Å². The molecule has 1 aromatic rings. The molecule has 116 valence electrons. The summed E-state index contributed by atoms with van der Waals surface area (Å²) in [6, 6.07) is 6.70. The largest absolute Gasteiger partial charge is 0.383 e. The van der Waals surface area contributed by atoms with Crippen molar-refractivity contribution in [2.75, 3.05) is 25.7 Å². The van der Waals surface area contributed by atoms with Gasteiger partial charge in [-0.05, 0) is 30.7 Å². The highest BCUT2D eigenvalue weighted by molar-refractivity contribution is 6.45. The number of anilines is 1. The molecule has 0 heterocycles. The molecule has 1 amide bonds. The monoisotopic (exact) mass is 302 g/mol. The van der Waals surface area contributed by atoms with E-state index in [0.29, 0.717) is 24.4 Å². The summed E-state index contributed by atoms with van der Waals surface area (Å²) >= 11 is 0. The molecule has 0 unspecified atom stereocenters. The van der Waals surface area contributed by atoms with Crippen molar-refractivity contribution in [2.24, 2.45) is 10.8 Å². The highest BCUT2D eigenvalue weighted by atomic mass is 16.5. The van der Waals surface area contributed by atoms with E-state index in [1.807, 2.05) is 0 Å². The summed E-state index contributed by atoms with van der Waals surface area (Å²) in [7, 11) is 1.56. The number of rotatable bonds is 7. The van der Waals surface area contributed by atoms with E-state index in [9.17, 15) is 4.79 Å². The van der Waals surface area contributed by atoms with Crippen molar-refractivity contribution in [3.8, 4) is 6.07 Å². The van der Waals surface area contributed by atoms with Crippen LogP contribution in [0.5, 0.6) is 0 Å². The molecule has 0 radical (unpaired) electrons. The highest BCUT2D eigenvalue weighted by Crippen LogP contribution is 2.16. The van der Waals surface area contributed by atoms with Crippen molar-refractivity contribution in [1.82, 2.24) is 5.32 Å². The molecule has 5 N–H and O–H groups in total. The van der Waals surface area contributed by atoms with Gasteiger partial charge in [-0.3, -0.25) is 15.6 Å². The van der Waals surface area contributed by atoms with Gasteiger partial charge in [0, 0.05) is 19.2 Å². The third-order valence-electron chi connectivity index (χ3n) is 2.73. The van der Waals surface area contributed by atoms with Crippen molar-refractivity contribution < 1.29 is 9.53 Å². The fourth-order valence-electron chi connectivity index (χ4n) is 1.56. The second-order valence-electron chi connectivity index (χ2n) is 4.38. The van der Waals surface area contributed by atoms with Crippen molar-refractivity contribution >= 4 is 23.1 Å². The van der Waals surface area contributed by atoms with Gasteiger partial charge in [-0.2, -0.15) is 10.4 Å². The van der Waals surface area contributed by atoms with E-state index in [1.165, 1.54) is 0 Å². The number of amidine groups is 1. The molecule has 0 spiro atoms. The van der Waals surface area contributed by atoms with Crippen LogP contribution in [0, 0.1) is 23.7 Å². The van der Waals surface area contributed by atoms with Crippen LogP contribution in [0.15, 0.2) is 23.3 Å². The van der Waals surface area contributed by atoms with Gasteiger partial charge in [0.25, 0.3) is 5.91 Å². The maximum atomic E-state index is 11.9. The number of ether oxygens (including phenoxy) is 1. The molecule has 0 aromatic heterocycles. The van der Waals surface area contributed by atoms with Crippen LogP contribution in [0.4, 0.5) is 5.69 Å². The molecule has 1 aromatic carbocycles. The summed E-state index contributed by atoms with van der Waals surface area (Å²) in [6.45, 7) is 2.67. The summed E-state index contributed by atoms with van der Waals surface area (Å²) in [4.78, 5) is 11.9. The smallest absolute Gasteiger partial charge is 0.251 e. The average Bonchev–Trinajstić information content (AvgIpc) is 2.49. The van der Waals surface area contributed by atoms with E-state index in [-0.39, 0.29) is 11.6 Å². The number of carbonyl (C=O) groups excluding carboxylic acids is 1. The Hall–Kier alpha value is -2.92. The SMILES string of the molecule is COCCNC(=O)c1ccc(N/N=C(\C#N)C(=N)N)c(C)c1. The highest BCUT2D eigenvalue weighted by Gasteiger charge is 2.08. The second-order valence-corrected chi connectivity index (χ2v) is 4.38. The van der Waals surface area contributed by atoms with Crippen LogP contribution < -0.4 is 16.5 Å². The molecule has 0 saturated heterocycles. The number of carbonyl (C=O) groups is 1. The fraction of sp³-hybridized carbons (Fsp3) is 0.286. The maximum absolute atomic E-state index is 11.9. The first-order valence-electron chi connectivity index (χ1n) is 6.45. The van der Waals surface area contributed by atoms with Crippen LogP contribution in [-0.4, -0.2) is 37.7 Å². The van der Waals surface area contributed by atoms with Crippen LogP contribution in [0.25, 0.3) is 0 Å².